The van der Waals surface area contributed by atoms with Crippen LogP contribution < -0.4 is 5.32 Å². The van der Waals surface area contributed by atoms with Gasteiger partial charge in [-0.2, -0.15) is 0 Å². The van der Waals surface area contributed by atoms with Gasteiger partial charge in [0.2, 0.25) is 11.8 Å². The van der Waals surface area contributed by atoms with Gasteiger partial charge in [0, 0.05) is 27.7 Å². The van der Waals surface area contributed by atoms with E-state index in [0.717, 1.165) is 13.0 Å². The first-order valence-corrected chi connectivity index (χ1v) is 4.71. The van der Waals surface area contributed by atoms with Crippen LogP contribution in [0.2, 0.25) is 0 Å². The number of nitrogens with one attached hydrogen (secondary N) is 1. The summed E-state index contributed by atoms with van der Waals surface area (Å²) in [5, 5.41) is 2.96. The zero-order valence-corrected chi connectivity index (χ0v) is 8.91. The van der Waals surface area contributed by atoms with Crippen molar-refractivity contribution in [2.75, 3.05) is 34.2 Å². The van der Waals surface area contributed by atoms with E-state index in [1.165, 1.54) is 4.90 Å². The van der Waals surface area contributed by atoms with Crippen LogP contribution in [0.5, 0.6) is 0 Å². The van der Waals surface area contributed by atoms with Crippen LogP contribution in [0, 0.1) is 0 Å². The van der Waals surface area contributed by atoms with Crippen molar-refractivity contribution < 1.29 is 9.59 Å². The van der Waals surface area contributed by atoms with Crippen LogP contribution in [0.4, 0.5) is 0 Å². The molecule has 80 valence electrons. The Balaban J connectivity index is 2.32. The largest absolute Gasteiger partial charge is 0.348 e. The summed E-state index contributed by atoms with van der Waals surface area (Å²) < 4.78 is 0. The van der Waals surface area contributed by atoms with Gasteiger partial charge in [-0.3, -0.25) is 14.9 Å². The van der Waals surface area contributed by atoms with E-state index in [1.807, 2.05) is 0 Å². The van der Waals surface area contributed by atoms with Crippen LogP contribution in [0.15, 0.2) is 0 Å². The summed E-state index contributed by atoms with van der Waals surface area (Å²) in [6.45, 7) is 1.00. The molecule has 1 rings (SSSR count). The van der Waals surface area contributed by atoms with Crippen molar-refractivity contribution in [3.05, 3.63) is 0 Å². The van der Waals surface area contributed by atoms with Gasteiger partial charge in [-0.05, 0) is 6.42 Å². The van der Waals surface area contributed by atoms with Crippen LogP contribution in [0.3, 0.4) is 0 Å². The van der Waals surface area contributed by atoms with E-state index in [0.29, 0.717) is 0 Å². The Kier molecular flexibility index (Phi) is 3.46. The minimum atomic E-state index is -0.177. The van der Waals surface area contributed by atoms with Crippen LogP contribution in [-0.4, -0.2) is 61.9 Å². The van der Waals surface area contributed by atoms with E-state index in [1.54, 1.807) is 26.0 Å². The molecule has 1 heterocycles. The predicted octanol–water partition coefficient (Wildman–Crippen LogP) is -1.11. The van der Waals surface area contributed by atoms with Crippen LogP contribution in [-0.2, 0) is 9.59 Å². The summed E-state index contributed by atoms with van der Waals surface area (Å²) in [4.78, 5) is 25.8. The SMILES string of the molecule is CN(C)C(=O)CNC1CCN(C)C1=O. The number of rotatable bonds is 3. The lowest BCUT2D eigenvalue weighted by Crippen LogP contribution is -2.42. The van der Waals surface area contributed by atoms with Gasteiger partial charge in [-0.25, -0.2) is 0 Å². The van der Waals surface area contributed by atoms with Crippen LogP contribution in [0.25, 0.3) is 0 Å². The maximum Gasteiger partial charge on any atom is 0.239 e. The standard InChI is InChI=1S/C9H17N3O2/c1-11(2)8(13)6-10-7-4-5-12(3)9(7)14/h7,10H,4-6H2,1-3H3. The van der Waals surface area contributed by atoms with Crippen molar-refractivity contribution in [2.24, 2.45) is 0 Å². The predicted molar refractivity (Wildman–Crippen MR) is 52.7 cm³/mol. The third kappa shape index (κ3) is 2.45. The molecule has 2 amide bonds. The van der Waals surface area contributed by atoms with Gasteiger partial charge in [0.1, 0.15) is 0 Å². The summed E-state index contributed by atoms with van der Waals surface area (Å²) in [5.74, 6) is 0.0731. The number of nitrogens with zero attached hydrogens (tertiary/aromatic N) is 2. The molecule has 0 radical (unpaired) electrons. The van der Waals surface area contributed by atoms with Gasteiger partial charge in [0.05, 0.1) is 12.6 Å². The Morgan fingerprint density at radius 3 is 2.71 bits per heavy atom. The first-order chi connectivity index (χ1) is 6.52. The quantitative estimate of drug-likeness (QED) is 0.627. The van der Waals surface area contributed by atoms with E-state index in [9.17, 15) is 9.59 Å². The number of likely N-dealkylation sites (N-methyl/N-ethyl adjacent to an activating group) is 2. The molecule has 1 saturated heterocycles. The van der Waals surface area contributed by atoms with Crippen molar-refractivity contribution in [2.45, 2.75) is 12.5 Å². The Bertz CT molecular complexity index is 240. The topological polar surface area (TPSA) is 52.7 Å². The van der Waals surface area contributed by atoms with Crippen molar-refractivity contribution >= 4 is 11.8 Å². The summed E-state index contributed by atoms with van der Waals surface area (Å²) in [5.41, 5.74) is 0. The van der Waals surface area contributed by atoms with Crippen molar-refractivity contribution in [1.29, 1.82) is 0 Å². The number of amides is 2. The van der Waals surface area contributed by atoms with Gasteiger partial charge in [0.15, 0.2) is 0 Å². The Hall–Kier alpha value is -1.10. The van der Waals surface area contributed by atoms with E-state index < -0.39 is 0 Å². The maximum atomic E-state index is 11.4. The summed E-state index contributed by atoms with van der Waals surface area (Å²) in [6, 6.07) is -0.177. The molecule has 0 aliphatic carbocycles. The average molecular weight is 199 g/mol. The van der Waals surface area contributed by atoms with E-state index in [2.05, 4.69) is 5.32 Å². The Morgan fingerprint density at radius 1 is 1.64 bits per heavy atom. The molecule has 0 aromatic rings. The number of likely N-dealkylation sites (tertiary alicyclic amines) is 1. The number of hydrogen-bond donors (Lipinski definition) is 1. The fourth-order valence-corrected chi connectivity index (χ4v) is 1.38. The highest BCUT2D eigenvalue weighted by Crippen LogP contribution is 2.07. The van der Waals surface area contributed by atoms with Crippen LogP contribution in [0.1, 0.15) is 6.42 Å². The van der Waals surface area contributed by atoms with Gasteiger partial charge in [-0.1, -0.05) is 0 Å². The minimum absolute atomic E-state index is 0.00708. The second-order valence-electron chi connectivity index (χ2n) is 3.77. The number of carbonyl (C=O) groups is 2. The van der Waals surface area contributed by atoms with Crippen LogP contribution >= 0.6 is 0 Å². The molecule has 0 spiro atoms. The molecule has 0 saturated carbocycles. The molecule has 1 fully saturated rings. The molecule has 1 unspecified atom stereocenters. The summed E-state index contributed by atoms with van der Waals surface area (Å²) >= 11 is 0. The van der Waals surface area contributed by atoms with Crippen molar-refractivity contribution in [3.63, 3.8) is 0 Å². The summed E-state index contributed by atoms with van der Waals surface area (Å²) in [6.07, 6.45) is 0.788. The van der Waals surface area contributed by atoms with E-state index in [-0.39, 0.29) is 24.4 Å². The molecular weight excluding hydrogens is 182 g/mol. The molecule has 1 aliphatic heterocycles. The lowest BCUT2D eigenvalue weighted by molar-refractivity contribution is -0.129. The van der Waals surface area contributed by atoms with Gasteiger partial charge < -0.3 is 9.80 Å². The number of hydrogen-bond acceptors (Lipinski definition) is 3. The average Bonchev–Trinajstić information content (AvgIpc) is 2.44. The summed E-state index contributed by atoms with van der Waals surface area (Å²) in [7, 11) is 5.18. The molecule has 5 heteroatoms. The lowest BCUT2D eigenvalue weighted by atomic mass is 10.2. The molecule has 14 heavy (non-hydrogen) atoms. The van der Waals surface area contributed by atoms with E-state index in [4.69, 9.17) is 0 Å². The van der Waals surface area contributed by atoms with Gasteiger partial charge >= 0.3 is 0 Å². The third-order valence-corrected chi connectivity index (χ3v) is 2.43. The fraction of sp³-hybridized carbons (Fsp3) is 0.778. The third-order valence-electron chi connectivity index (χ3n) is 2.43. The first-order valence-electron chi connectivity index (χ1n) is 4.71. The zero-order chi connectivity index (χ0) is 10.7. The Labute approximate surface area is 84.0 Å². The molecule has 0 aromatic carbocycles. The fourth-order valence-electron chi connectivity index (χ4n) is 1.38. The monoisotopic (exact) mass is 199 g/mol. The highest BCUT2D eigenvalue weighted by Gasteiger charge is 2.28. The van der Waals surface area contributed by atoms with Crippen molar-refractivity contribution in [1.82, 2.24) is 15.1 Å². The molecule has 5 nitrogen and oxygen atoms in total. The number of carbonyl (C=O) groups excluding carboxylic acids is 2. The molecule has 1 aliphatic rings. The second-order valence-corrected chi connectivity index (χ2v) is 3.77. The first kappa shape index (κ1) is 11.0. The smallest absolute Gasteiger partial charge is 0.239 e. The normalized spacial score (nSPS) is 21.5. The highest BCUT2D eigenvalue weighted by atomic mass is 16.2. The van der Waals surface area contributed by atoms with E-state index >= 15 is 0 Å². The second kappa shape index (κ2) is 4.41. The molecular formula is C9H17N3O2. The molecule has 0 aromatic heterocycles. The molecule has 1 atom stereocenters. The Morgan fingerprint density at radius 2 is 2.29 bits per heavy atom. The molecule has 1 N–H and O–H groups in total. The van der Waals surface area contributed by atoms with Gasteiger partial charge in [-0.15, -0.1) is 0 Å². The minimum Gasteiger partial charge on any atom is -0.348 e. The van der Waals surface area contributed by atoms with Crippen molar-refractivity contribution in [3.8, 4) is 0 Å². The lowest BCUT2D eigenvalue weighted by Gasteiger charge is -2.14. The van der Waals surface area contributed by atoms with Gasteiger partial charge in [0.25, 0.3) is 0 Å². The highest BCUT2D eigenvalue weighted by molar-refractivity contribution is 5.85. The zero-order valence-electron chi connectivity index (χ0n) is 8.91. The maximum absolute atomic E-state index is 11.4. The molecule has 0 bridgehead atoms.